The highest BCUT2D eigenvalue weighted by Gasteiger charge is 2.52. The Morgan fingerprint density at radius 1 is 1.13 bits per heavy atom. The lowest BCUT2D eigenvalue weighted by atomic mass is 9.74. The predicted molar refractivity (Wildman–Crippen MR) is 62.0 cm³/mol. The largest absolute Gasteiger partial charge is 0.463 e. The quantitative estimate of drug-likeness (QED) is 0.673. The van der Waals surface area contributed by atoms with Crippen LogP contribution in [-0.4, -0.2) is 31.5 Å². The fourth-order valence-corrected chi connectivity index (χ4v) is 1.50. The van der Waals surface area contributed by atoms with Gasteiger partial charge in [-0.05, 0) is 34.6 Å². The van der Waals surface area contributed by atoms with Crippen molar-refractivity contribution in [3.8, 4) is 0 Å². The maximum atomic E-state index is 5.92. The van der Waals surface area contributed by atoms with E-state index in [2.05, 4.69) is 34.6 Å². The van der Waals surface area contributed by atoms with Gasteiger partial charge in [-0.25, -0.2) is 0 Å². The van der Waals surface area contributed by atoms with Crippen molar-refractivity contribution in [3.63, 3.8) is 0 Å². The molecule has 0 saturated carbocycles. The lowest BCUT2D eigenvalue weighted by molar-refractivity contribution is 0.00578. The summed E-state index contributed by atoms with van der Waals surface area (Å²) >= 11 is 0. The lowest BCUT2D eigenvalue weighted by Crippen LogP contribution is -2.41. The van der Waals surface area contributed by atoms with E-state index in [1.807, 2.05) is 6.92 Å². The van der Waals surface area contributed by atoms with Crippen LogP contribution in [0.4, 0.5) is 0 Å². The van der Waals surface area contributed by atoms with E-state index in [0.717, 1.165) is 6.61 Å². The van der Waals surface area contributed by atoms with Crippen LogP contribution >= 0.6 is 0 Å². The van der Waals surface area contributed by atoms with Gasteiger partial charge in [-0.2, -0.15) is 0 Å². The predicted octanol–water partition coefficient (Wildman–Crippen LogP) is 2.51. The first-order valence-corrected chi connectivity index (χ1v) is 5.73. The van der Waals surface area contributed by atoms with Crippen LogP contribution in [0, 0.1) is 0 Å². The number of ether oxygens (including phenoxy) is 1. The second-order valence-corrected chi connectivity index (χ2v) is 5.26. The second-order valence-electron chi connectivity index (χ2n) is 5.26. The van der Waals surface area contributed by atoms with Gasteiger partial charge < -0.3 is 14.0 Å². The van der Waals surface area contributed by atoms with Gasteiger partial charge in [0.05, 0.1) is 11.2 Å². The number of hydrogen-bond acceptors (Lipinski definition) is 3. The van der Waals surface area contributed by atoms with Crippen LogP contribution in [0.25, 0.3) is 0 Å². The van der Waals surface area contributed by atoms with Gasteiger partial charge >= 0.3 is 7.12 Å². The molecule has 0 aromatic heterocycles. The van der Waals surface area contributed by atoms with E-state index in [-0.39, 0.29) is 24.1 Å². The van der Waals surface area contributed by atoms with E-state index in [1.165, 1.54) is 0 Å². The molecule has 1 unspecified atom stereocenters. The molecule has 3 nitrogen and oxygen atoms in total. The molecule has 4 heteroatoms. The monoisotopic (exact) mass is 214 g/mol. The third-order valence-electron chi connectivity index (χ3n) is 3.32. The van der Waals surface area contributed by atoms with Crippen LogP contribution in [0.5, 0.6) is 0 Å². The average Bonchev–Trinajstić information content (AvgIpc) is 2.32. The molecule has 0 aromatic carbocycles. The molecule has 0 aliphatic carbocycles. The normalized spacial score (nSPS) is 25.6. The molecule has 0 N–H and O–H groups in total. The Labute approximate surface area is 93.6 Å². The first-order valence-electron chi connectivity index (χ1n) is 5.73. The first kappa shape index (κ1) is 13.0. The summed E-state index contributed by atoms with van der Waals surface area (Å²) in [5.41, 5.74) is -0.476. The summed E-state index contributed by atoms with van der Waals surface area (Å²) in [6.45, 7) is 13.8. The van der Waals surface area contributed by atoms with Gasteiger partial charge in [0.1, 0.15) is 0 Å². The van der Waals surface area contributed by atoms with Crippen molar-refractivity contribution >= 4 is 7.12 Å². The molecule has 0 radical (unpaired) electrons. The molecule has 1 aliphatic rings. The summed E-state index contributed by atoms with van der Waals surface area (Å²) in [5.74, 6) is 0.269. The first-order chi connectivity index (χ1) is 6.80. The molecule has 0 aromatic rings. The Balaban J connectivity index is 2.54. The van der Waals surface area contributed by atoms with E-state index >= 15 is 0 Å². The van der Waals surface area contributed by atoms with Crippen LogP contribution in [0.2, 0.25) is 5.82 Å². The molecule has 1 rings (SSSR count). The molecule has 1 saturated heterocycles. The summed E-state index contributed by atoms with van der Waals surface area (Å²) in [5, 5.41) is 0. The van der Waals surface area contributed by atoms with Gasteiger partial charge in [-0.3, -0.25) is 0 Å². The van der Waals surface area contributed by atoms with E-state index in [0.29, 0.717) is 6.61 Å². The molecule has 88 valence electrons. The minimum absolute atomic E-state index is 0.151. The molecular weight excluding hydrogens is 191 g/mol. The van der Waals surface area contributed by atoms with E-state index in [4.69, 9.17) is 14.0 Å². The molecular formula is C11H23BO3. The van der Waals surface area contributed by atoms with Gasteiger partial charge in [-0.1, -0.05) is 6.92 Å². The Morgan fingerprint density at radius 2 is 1.60 bits per heavy atom. The fraction of sp³-hybridized carbons (Fsp3) is 1.00. The van der Waals surface area contributed by atoms with Crippen LogP contribution in [0.15, 0.2) is 0 Å². The smallest absolute Gasteiger partial charge is 0.403 e. The highest BCUT2D eigenvalue weighted by molar-refractivity contribution is 6.47. The SMILES string of the molecule is CCOCC(C)B1OC(C)(C)C(C)(C)O1. The molecule has 1 aliphatic heterocycles. The zero-order valence-corrected chi connectivity index (χ0v) is 10.8. The van der Waals surface area contributed by atoms with Gasteiger partial charge in [0, 0.05) is 19.0 Å². The van der Waals surface area contributed by atoms with E-state index in [1.54, 1.807) is 0 Å². The minimum atomic E-state index is -0.238. The molecule has 0 spiro atoms. The molecule has 1 heterocycles. The summed E-state index contributed by atoms with van der Waals surface area (Å²) in [4.78, 5) is 0. The number of rotatable bonds is 4. The highest BCUT2D eigenvalue weighted by atomic mass is 16.7. The van der Waals surface area contributed by atoms with Crippen LogP contribution in [-0.2, 0) is 14.0 Å². The lowest BCUT2D eigenvalue weighted by Gasteiger charge is -2.32. The van der Waals surface area contributed by atoms with E-state index < -0.39 is 0 Å². The Bertz CT molecular complexity index is 200. The second kappa shape index (κ2) is 4.44. The Kier molecular flexibility index (Phi) is 3.85. The Hall–Kier alpha value is -0.0551. The average molecular weight is 214 g/mol. The zero-order valence-electron chi connectivity index (χ0n) is 10.8. The van der Waals surface area contributed by atoms with Crippen molar-refractivity contribution in [3.05, 3.63) is 0 Å². The Morgan fingerprint density at radius 3 is 2.00 bits per heavy atom. The highest BCUT2D eigenvalue weighted by Crippen LogP contribution is 2.39. The van der Waals surface area contributed by atoms with Crippen molar-refractivity contribution in [2.24, 2.45) is 0 Å². The number of hydrogen-bond donors (Lipinski definition) is 0. The van der Waals surface area contributed by atoms with Crippen molar-refractivity contribution in [1.82, 2.24) is 0 Å². The summed E-state index contributed by atoms with van der Waals surface area (Å²) in [7, 11) is -0.151. The fourth-order valence-electron chi connectivity index (χ4n) is 1.50. The van der Waals surface area contributed by atoms with Crippen molar-refractivity contribution in [2.45, 2.75) is 58.6 Å². The molecule has 1 atom stereocenters. The summed E-state index contributed by atoms with van der Waals surface area (Å²) < 4.78 is 17.2. The van der Waals surface area contributed by atoms with Crippen LogP contribution < -0.4 is 0 Å². The van der Waals surface area contributed by atoms with Gasteiger partial charge in [0.25, 0.3) is 0 Å². The molecule has 0 bridgehead atoms. The van der Waals surface area contributed by atoms with Gasteiger partial charge in [0.2, 0.25) is 0 Å². The van der Waals surface area contributed by atoms with Crippen LogP contribution in [0.3, 0.4) is 0 Å². The summed E-state index contributed by atoms with van der Waals surface area (Å²) in [6, 6.07) is 0. The van der Waals surface area contributed by atoms with Gasteiger partial charge in [0.15, 0.2) is 0 Å². The van der Waals surface area contributed by atoms with Gasteiger partial charge in [-0.15, -0.1) is 0 Å². The summed E-state index contributed by atoms with van der Waals surface area (Å²) in [6.07, 6.45) is 0. The van der Waals surface area contributed by atoms with Crippen LogP contribution in [0.1, 0.15) is 41.5 Å². The van der Waals surface area contributed by atoms with E-state index in [9.17, 15) is 0 Å². The molecule has 0 amide bonds. The molecule has 15 heavy (non-hydrogen) atoms. The third kappa shape index (κ3) is 2.74. The van der Waals surface area contributed by atoms with Crippen molar-refractivity contribution in [1.29, 1.82) is 0 Å². The maximum absolute atomic E-state index is 5.92. The third-order valence-corrected chi connectivity index (χ3v) is 3.32. The topological polar surface area (TPSA) is 27.7 Å². The maximum Gasteiger partial charge on any atom is 0.463 e. The standard InChI is InChI=1S/C11H23BO3/c1-7-13-8-9(2)12-14-10(3,4)11(5,6)15-12/h9H,7-8H2,1-6H3. The van der Waals surface area contributed by atoms with Crippen molar-refractivity contribution in [2.75, 3.05) is 13.2 Å². The van der Waals surface area contributed by atoms with Crippen molar-refractivity contribution < 1.29 is 14.0 Å². The zero-order chi connectivity index (χ0) is 11.7. The molecule has 1 fully saturated rings. The minimum Gasteiger partial charge on any atom is -0.403 e.